The number of nitrogens with two attached hydrogens (primary N) is 1. The smallest absolute Gasteiger partial charge is 0.227 e. The summed E-state index contributed by atoms with van der Waals surface area (Å²) >= 11 is 5.95. The number of benzene rings is 1. The van der Waals surface area contributed by atoms with Crippen molar-refractivity contribution in [2.24, 2.45) is 5.73 Å². The number of nitrogens with one attached hydrogen (secondary N) is 1. The molecule has 0 aliphatic heterocycles. The third-order valence-corrected chi connectivity index (χ3v) is 2.74. The lowest BCUT2D eigenvalue weighted by molar-refractivity contribution is -0.118. The summed E-state index contributed by atoms with van der Waals surface area (Å²) in [5.74, 6) is 0.389. The molecule has 0 fully saturated rings. The highest BCUT2D eigenvalue weighted by molar-refractivity contribution is 6.32. The van der Waals surface area contributed by atoms with Gasteiger partial charge in [-0.15, -0.1) is 0 Å². The minimum absolute atomic E-state index is 0.173. The van der Waals surface area contributed by atoms with Gasteiger partial charge in [0.2, 0.25) is 5.91 Å². The number of rotatable bonds is 6. The van der Waals surface area contributed by atoms with E-state index in [4.69, 9.17) is 26.8 Å². The number of hydrogen-bond acceptors (Lipinski definition) is 4. The molecule has 1 aromatic rings. The molecule has 0 heterocycles. The molecule has 0 aliphatic carbocycles. The molecule has 6 heteroatoms. The zero-order chi connectivity index (χ0) is 13.5. The van der Waals surface area contributed by atoms with Crippen LogP contribution in [0.15, 0.2) is 18.2 Å². The fourth-order valence-corrected chi connectivity index (χ4v) is 1.68. The van der Waals surface area contributed by atoms with Crippen LogP contribution in [0.4, 0.5) is 5.69 Å². The average Bonchev–Trinajstić information content (AvgIpc) is 2.36. The van der Waals surface area contributed by atoms with E-state index in [0.29, 0.717) is 23.0 Å². The van der Waals surface area contributed by atoms with Gasteiger partial charge in [0.25, 0.3) is 0 Å². The molecular weight excluding hydrogens is 256 g/mol. The first kappa shape index (κ1) is 14.8. The van der Waals surface area contributed by atoms with E-state index >= 15 is 0 Å². The molecule has 1 rings (SSSR count). The van der Waals surface area contributed by atoms with E-state index in [1.165, 1.54) is 14.2 Å². The van der Waals surface area contributed by atoms with Gasteiger partial charge < -0.3 is 20.5 Å². The van der Waals surface area contributed by atoms with Gasteiger partial charge >= 0.3 is 0 Å². The normalized spacial score (nSPS) is 12.0. The van der Waals surface area contributed by atoms with Gasteiger partial charge in [-0.3, -0.25) is 4.79 Å². The van der Waals surface area contributed by atoms with Crippen molar-refractivity contribution < 1.29 is 14.3 Å². The lowest BCUT2D eigenvalue weighted by Crippen LogP contribution is -2.28. The highest BCUT2D eigenvalue weighted by atomic mass is 35.5. The van der Waals surface area contributed by atoms with E-state index in [-0.39, 0.29) is 18.4 Å². The molecule has 0 bridgehead atoms. The third-order valence-electron chi connectivity index (χ3n) is 2.44. The third kappa shape index (κ3) is 4.18. The van der Waals surface area contributed by atoms with Crippen molar-refractivity contribution in [2.45, 2.75) is 12.5 Å². The van der Waals surface area contributed by atoms with Crippen LogP contribution >= 0.6 is 11.6 Å². The lowest BCUT2D eigenvalue weighted by Gasteiger charge is -2.13. The van der Waals surface area contributed by atoms with Gasteiger partial charge in [-0.05, 0) is 18.2 Å². The van der Waals surface area contributed by atoms with E-state index in [1.54, 1.807) is 18.2 Å². The van der Waals surface area contributed by atoms with Crippen LogP contribution in [0.2, 0.25) is 5.02 Å². The van der Waals surface area contributed by atoms with Gasteiger partial charge in [-0.1, -0.05) is 11.6 Å². The molecule has 0 radical (unpaired) electrons. The molecule has 0 aliphatic rings. The van der Waals surface area contributed by atoms with Crippen LogP contribution in [0, 0.1) is 0 Å². The molecule has 100 valence electrons. The van der Waals surface area contributed by atoms with Crippen LogP contribution in [0.1, 0.15) is 6.42 Å². The Kier molecular flexibility index (Phi) is 5.91. The fourth-order valence-electron chi connectivity index (χ4n) is 1.43. The van der Waals surface area contributed by atoms with E-state index < -0.39 is 0 Å². The first-order chi connectivity index (χ1) is 8.60. The maximum atomic E-state index is 11.7. The van der Waals surface area contributed by atoms with Crippen LogP contribution in [0.3, 0.4) is 0 Å². The van der Waals surface area contributed by atoms with Crippen molar-refractivity contribution in [3.05, 3.63) is 23.2 Å². The summed E-state index contributed by atoms with van der Waals surface area (Å²) in [6, 6.07) is 5.03. The minimum atomic E-state index is -0.279. The Hall–Kier alpha value is -1.30. The van der Waals surface area contributed by atoms with Crippen molar-refractivity contribution in [3.8, 4) is 5.75 Å². The van der Waals surface area contributed by atoms with Crippen LogP contribution < -0.4 is 15.8 Å². The number of anilines is 1. The second-order valence-corrected chi connectivity index (χ2v) is 4.10. The zero-order valence-corrected chi connectivity index (χ0v) is 11.2. The van der Waals surface area contributed by atoms with Crippen LogP contribution in [0.5, 0.6) is 5.75 Å². The summed E-state index contributed by atoms with van der Waals surface area (Å²) in [7, 11) is 3.05. The van der Waals surface area contributed by atoms with Crippen LogP contribution in [-0.2, 0) is 9.53 Å². The molecule has 1 aromatic carbocycles. The topological polar surface area (TPSA) is 73.6 Å². The van der Waals surface area contributed by atoms with Crippen molar-refractivity contribution in [2.75, 3.05) is 26.1 Å². The fraction of sp³-hybridized carbons (Fsp3) is 0.417. The highest BCUT2D eigenvalue weighted by Crippen LogP contribution is 2.27. The maximum absolute atomic E-state index is 11.7. The Bertz CT molecular complexity index is 408. The van der Waals surface area contributed by atoms with Gasteiger partial charge in [0.15, 0.2) is 0 Å². The monoisotopic (exact) mass is 272 g/mol. The van der Waals surface area contributed by atoms with Crippen LogP contribution in [-0.4, -0.2) is 32.8 Å². The quantitative estimate of drug-likeness (QED) is 0.826. The molecule has 1 atom stereocenters. The highest BCUT2D eigenvalue weighted by Gasteiger charge is 2.12. The van der Waals surface area contributed by atoms with Crippen molar-refractivity contribution >= 4 is 23.2 Å². The van der Waals surface area contributed by atoms with Gasteiger partial charge in [0.05, 0.1) is 24.7 Å². The van der Waals surface area contributed by atoms with E-state index in [2.05, 4.69) is 5.32 Å². The zero-order valence-electron chi connectivity index (χ0n) is 10.4. The molecule has 0 saturated carbocycles. The Balaban J connectivity index is 2.62. The largest absolute Gasteiger partial charge is 0.495 e. The van der Waals surface area contributed by atoms with E-state index in [0.717, 1.165) is 0 Å². The summed E-state index contributed by atoms with van der Waals surface area (Å²) in [6.07, 6.45) is -0.0740. The van der Waals surface area contributed by atoms with E-state index in [9.17, 15) is 4.79 Å². The number of amides is 1. The molecule has 18 heavy (non-hydrogen) atoms. The molecule has 3 N–H and O–H groups in total. The first-order valence-electron chi connectivity index (χ1n) is 5.47. The number of methoxy groups -OCH3 is 2. The molecular formula is C12H17ClN2O3. The van der Waals surface area contributed by atoms with Crippen LogP contribution in [0.25, 0.3) is 0 Å². The Morgan fingerprint density at radius 1 is 1.50 bits per heavy atom. The average molecular weight is 273 g/mol. The summed E-state index contributed by atoms with van der Waals surface area (Å²) in [5, 5.41) is 3.16. The maximum Gasteiger partial charge on any atom is 0.227 e. The minimum Gasteiger partial charge on any atom is -0.495 e. The summed E-state index contributed by atoms with van der Waals surface area (Å²) in [4.78, 5) is 11.7. The predicted octanol–water partition coefficient (Wildman–Crippen LogP) is 1.65. The van der Waals surface area contributed by atoms with Crippen molar-refractivity contribution in [1.29, 1.82) is 0 Å². The summed E-state index contributed by atoms with van der Waals surface area (Å²) in [5.41, 5.74) is 6.05. The van der Waals surface area contributed by atoms with Crippen molar-refractivity contribution in [3.63, 3.8) is 0 Å². The second kappa shape index (κ2) is 7.20. The number of carbonyl (C=O) groups excluding carboxylic acids is 1. The molecule has 0 aromatic heterocycles. The van der Waals surface area contributed by atoms with Gasteiger partial charge in [-0.25, -0.2) is 0 Å². The van der Waals surface area contributed by atoms with Gasteiger partial charge in [0.1, 0.15) is 5.75 Å². The van der Waals surface area contributed by atoms with Gasteiger partial charge in [0, 0.05) is 19.3 Å². The summed E-state index contributed by atoms with van der Waals surface area (Å²) in [6.45, 7) is 0.299. The summed E-state index contributed by atoms with van der Waals surface area (Å²) < 4.78 is 10.1. The van der Waals surface area contributed by atoms with Crippen molar-refractivity contribution in [1.82, 2.24) is 0 Å². The number of hydrogen-bond donors (Lipinski definition) is 2. The molecule has 5 nitrogen and oxygen atoms in total. The Morgan fingerprint density at radius 2 is 2.22 bits per heavy atom. The molecule has 0 spiro atoms. The number of ether oxygens (including phenoxy) is 2. The molecule has 1 unspecified atom stereocenters. The number of carbonyl (C=O) groups is 1. The standard InChI is InChI=1S/C12H17ClN2O3/c1-17-9(7-14)6-12(16)15-8-3-4-11(18-2)10(13)5-8/h3-5,9H,6-7,14H2,1-2H3,(H,15,16). The Morgan fingerprint density at radius 3 is 2.72 bits per heavy atom. The van der Waals surface area contributed by atoms with E-state index in [1.807, 2.05) is 0 Å². The lowest BCUT2D eigenvalue weighted by atomic mass is 10.2. The molecule has 0 saturated heterocycles. The number of halogens is 1. The van der Waals surface area contributed by atoms with Gasteiger partial charge in [-0.2, -0.15) is 0 Å². The second-order valence-electron chi connectivity index (χ2n) is 3.70. The predicted molar refractivity (Wildman–Crippen MR) is 71.1 cm³/mol. The first-order valence-corrected chi connectivity index (χ1v) is 5.84. The molecule has 1 amide bonds. The Labute approximate surface area is 111 Å². The SMILES string of the molecule is COc1ccc(NC(=O)CC(CN)OC)cc1Cl.